The van der Waals surface area contributed by atoms with Crippen LogP contribution in [0, 0.1) is 3.57 Å². The van der Waals surface area contributed by atoms with E-state index in [2.05, 4.69) is 32.7 Å². The second-order valence-corrected chi connectivity index (χ2v) is 5.27. The molecule has 0 unspecified atom stereocenters. The standard InChI is InChI=1S/C14H10IN3O/c15-11-5-1-3-9(7-11)13-12(14(16)19-18-13)10-4-2-6-17-8-10/h1-8H,16H2. The van der Waals surface area contributed by atoms with Crippen LogP contribution in [0.3, 0.4) is 0 Å². The number of rotatable bonds is 2. The minimum absolute atomic E-state index is 0.307. The van der Waals surface area contributed by atoms with Crippen LogP contribution < -0.4 is 5.73 Å². The second-order valence-electron chi connectivity index (χ2n) is 4.02. The van der Waals surface area contributed by atoms with E-state index in [9.17, 15) is 0 Å². The molecule has 0 fully saturated rings. The topological polar surface area (TPSA) is 64.9 Å². The monoisotopic (exact) mass is 363 g/mol. The van der Waals surface area contributed by atoms with Gasteiger partial charge in [-0.05, 0) is 40.8 Å². The number of benzene rings is 1. The first-order valence-corrected chi connectivity index (χ1v) is 6.75. The lowest BCUT2D eigenvalue weighted by Gasteiger charge is -2.02. The highest BCUT2D eigenvalue weighted by Crippen LogP contribution is 2.35. The van der Waals surface area contributed by atoms with Crippen molar-refractivity contribution in [2.24, 2.45) is 0 Å². The van der Waals surface area contributed by atoms with Crippen molar-refractivity contribution in [1.82, 2.24) is 10.1 Å². The van der Waals surface area contributed by atoms with Crippen LogP contribution >= 0.6 is 22.6 Å². The maximum Gasteiger partial charge on any atom is 0.230 e. The van der Waals surface area contributed by atoms with Gasteiger partial charge in [0.2, 0.25) is 5.88 Å². The lowest BCUT2D eigenvalue weighted by atomic mass is 10.0. The molecule has 0 saturated heterocycles. The van der Waals surface area contributed by atoms with E-state index in [4.69, 9.17) is 10.3 Å². The summed E-state index contributed by atoms with van der Waals surface area (Å²) in [6.07, 6.45) is 3.47. The van der Waals surface area contributed by atoms with Crippen LogP contribution in [0.25, 0.3) is 22.4 Å². The predicted molar refractivity (Wildman–Crippen MR) is 82.3 cm³/mol. The molecule has 0 atom stereocenters. The minimum atomic E-state index is 0.307. The Hall–Kier alpha value is -1.89. The van der Waals surface area contributed by atoms with Crippen molar-refractivity contribution in [2.75, 3.05) is 5.73 Å². The minimum Gasteiger partial charge on any atom is -0.367 e. The number of anilines is 1. The number of pyridine rings is 1. The van der Waals surface area contributed by atoms with Gasteiger partial charge in [-0.2, -0.15) is 0 Å². The van der Waals surface area contributed by atoms with Gasteiger partial charge in [0, 0.05) is 27.1 Å². The van der Waals surface area contributed by atoms with Crippen LogP contribution in [0.4, 0.5) is 5.88 Å². The highest BCUT2D eigenvalue weighted by Gasteiger charge is 2.17. The summed E-state index contributed by atoms with van der Waals surface area (Å²) in [7, 11) is 0. The van der Waals surface area contributed by atoms with E-state index >= 15 is 0 Å². The number of nitrogen functional groups attached to an aromatic ring is 1. The van der Waals surface area contributed by atoms with Gasteiger partial charge in [0.15, 0.2) is 0 Å². The molecule has 0 bridgehead atoms. The molecule has 4 nitrogen and oxygen atoms in total. The highest BCUT2D eigenvalue weighted by molar-refractivity contribution is 14.1. The first-order chi connectivity index (χ1) is 9.25. The smallest absolute Gasteiger partial charge is 0.230 e. The molecular weight excluding hydrogens is 353 g/mol. The molecule has 0 amide bonds. The lowest BCUT2D eigenvalue weighted by molar-refractivity contribution is 0.439. The fraction of sp³-hybridized carbons (Fsp3) is 0. The molecule has 0 aliphatic heterocycles. The average Bonchev–Trinajstić information content (AvgIpc) is 2.82. The largest absolute Gasteiger partial charge is 0.367 e. The molecule has 5 heteroatoms. The highest BCUT2D eigenvalue weighted by atomic mass is 127. The maximum atomic E-state index is 5.89. The predicted octanol–water partition coefficient (Wildman–Crippen LogP) is 3.59. The van der Waals surface area contributed by atoms with E-state index in [1.165, 1.54) is 0 Å². The summed E-state index contributed by atoms with van der Waals surface area (Å²) < 4.78 is 6.28. The van der Waals surface area contributed by atoms with Gasteiger partial charge in [0.25, 0.3) is 0 Å². The van der Waals surface area contributed by atoms with Crippen LogP contribution in [0.2, 0.25) is 0 Å². The van der Waals surface area contributed by atoms with Gasteiger partial charge < -0.3 is 10.3 Å². The molecule has 0 aliphatic carbocycles. The lowest BCUT2D eigenvalue weighted by Crippen LogP contribution is -1.88. The molecular formula is C14H10IN3O. The third kappa shape index (κ3) is 2.33. The molecule has 0 spiro atoms. The fourth-order valence-corrected chi connectivity index (χ4v) is 2.47. The molecule has 19 heavy (non-hydrogen) atoms. The Balaban J connectivity index is 2.19. The number of aromatic nitrogens is 2. The van der Waals surface area contributed by atoms with Crippen LogP contribution in [-0.2, 0) is 0 Å². The van der Waals surface area contributed by atoms with E-state index in [0.29, 0.717) is 5.88 Å². The summed E-state index contributed by atoms with van der Waals surface area (Å²) in [5.41, 5.74) is 9.29. The first-order valence-electron chi connectivity index (χ1n) is 5.67. The third-order valence-corrected chi connectivity index (χ3v) is 3.44. The zero-order chi connectivity index (χ0) is 13.2. The number of hydrogen-bond donors (Lipinski definition) is 1. The molecule has 0 aliphatic rings. The molecule has 0 radical (unpaired) electrons. The van der Waals surface area contributed by atoms with Crippen molar-refractivity contribution in [1.29, 1.82) is 0 Å². The van der Waals surface area contributed by atoms with Gasteiger partial charge in [0.1, 0.15) is 5.69 Å². The van der Waals surface area contributed by atoms with Gasteiger partial charge in [0.05, 0.1) is 5.56 Å². The molecule has 2 heterocycles. The van der Waals surface area contributed by atoms with Crippen LogP contribution in [0.15, 0.2) is 53.3 Å². The Morgan fingerprint density at radius 1 is 1.11 bits per heavy atom. The summed E-state index contributed by atoms with van der Waals surface area (Å²) in [6.45, 7) is 0. The summed E-state index contributed by atoms with van der Waals surface area (Å²) in [5, 5.41) is 4.07. The number of halogens is 1. The van der Waals surface area contributed by atoms with Gasteiger partial charge in [-0.15, -0.1) is 0 Å². The van der Waals surface area contributed by atoms with Crippen molar-refractivity contribution < 1.29 is 4.52 Å². The molecule has 3 rings (SSSR count). The second kappa shape index (κ2) is 5.00. The number of nitrogens with two attached hydrogens (primary N) is 1. The Labute approximate surface area is 123 Å². The third-order valence-electron chi connectivity index (χ3n) is 2.77. The van der Waals surface area contributed by atoms with Crippen molar-refractivity contribution in [2.45, 2.75) is 0 Å². The van der Waals surface area contributed by atoms with Crippen LogP contribution in [0.5, 0.6) is 0 Å². The van der Waals surface area contributed by atoms with Gasteiger partial charge in [-0.3, -0.25) is 4.98 Å². The number of hydrogen-bond acceptors (Lipinski definition) is 4. The van der Waals surface area contributed by atoms with E-state index in [-0.39, 0.29) is 0 Å². The molecule has 3 aromatic rings. The maximum absolute atomic E-state index is 5.89. The number of nitrogens with zero attached hydrogens (tertiary/aromatic N) is 2. The average molecular weight is 363 g/mol. The fourth-order valence-electron chi connectivity index (χ4n) is 1.93. The van der Waals surface area contributed by atoms with Crippen LogP contribution in [-0.4, -0.2) is 10.1 Å². The zero-order valence-corrected chi connectivity index (χ0v) is 12.0. The van der Waals surface area contributed by atoms with E-state index in [1.807, 2.05) is 36.4 Å². The summed E-state index contributed by atoms with van der Waals surface area (Å²) in [5.74, 6) is 0.307. The van der Waals surface area contributed by atoms with E-state index < -0.39 is 0 Å². The summed E-state index contributed by atoms with van der Waals surface area (Å²) in [4.78, 5) is 4.11. The molecule has 2 N–H and O–H groups in total. The summed E-state index contributed by atoms with van der Waals surface area (Å²) in [6, 6.07) is 11.8. The van der Waals surface area contributed by atoms with Gasteiger partial charge in [-0.25, -0.2) is 0 Å². The van der Waals surface area contributed by atoms with Crippen molar-refractivity contribution >= 4 is 28.5 Å². The van der Waals surface area contributed by atoms with E-state index in [1.54, 1.807) is 12.4 Å². The Kier molecular flexibility index (Phi) is 3.20. The first kappa shape index (κ1) is 12.2. The Bertz CT molecular complexity index is 710. The normalized spacial score (nSPS) is 10.6. The van der Waals surface area contributed by atoms with E-state index in [0.717, 1.165) is 26.0 Å². The zero-order valence-electron chi connectivity index (χ0n) is 9.88. The Morgan fingerprint density at radius 3 is 2.68 bits per heavy atom. The van der Waals surface area contributed by atoms with Gasteiger partial charge >= 0.3 is 0 Å². The quantitative estimate of drug-likeness (QED) is 0.707. The van der Waals surface area contributed by atoms with Crippen molar-refractivity contribution in [3.8, 4) is 22.4 Å². The molecule has 0 saturated carbocycles. The molecule has 94 valence electrons. The SMILES string of the molecule is Nc1onc(-c2cccc(I)c2)c1-c1cccnc1. The molecule has 1 aromatic carbocycles. The van der Waals surface area contributed by atoms with Crippen molar-refractivity contribution in [3.63, 3.8) is 0 Å². The van der Waals surface area contributed by atoms with Crippen molar-refractivity contribution in [3.05, 3.63) is 52.4 Å². The Morgan fingerprint density at radius 2 is 1.95 bits per heavy atom. The van der Waals surface area contributed by atoms with Crippen LogP contribution in [0.1, 0.15) is 0 Å². The summed E-state index contributed by atoms with van der Waals surface area (Å²) >= 11 is 2.26. The molecule has 2 aromatic heterocycles. The van der Waals surface area contributed by atoms with Gasteiger partial charge in [-0.1, -0.05) is 23.4 Å².